The van der Waals surface area contributed by atoms with Gasteiger partial charge in [-0.05, 0) is 98.8 Å². The summed E-state index contributed by atoms with van der Waals surface area (Å²) in [4.78, 5) is 94.8. The summed E-state index contributed by atoms with van der Waals surface area (Å²) in [6.45, 7) is 18.0. The van der Waals surface area contributed by atoms with E-state index in [1.54, 1.807) is 65.9 Å². The van der Waals surface area contributed by atoms with E-state index in [4.69, 9.17) is 23.8 Å². The van der Waals surface area contributed by atoms with E-state index in [0.717, 1.165) is 26.7 Å². The number of benzene rings is 2. The van der Waals surface area contributed by atoms with Crippen LogP contribution in [-0.2, 0) is 41.8 Å². The van der Waals surface area contributed by atoms with Crippen LogP contribution in [0.1, 0.15) is 85.4 Å². The standard InChI is InChI=1S/C23H27N3O5.C20H29N3O6.C5H4BrN.C4H10.ClH.Mg.H/c1-23(2,3)31-22(29)26-14-13-25(21(28)30-16-17-9-5-4-6-10-17)15-19(26)20(27)18-11-7-8-12-24-18;1-20(2,3)29-19(26)23-12-11-22(13-16(23)17(24)21(4)27-5)18(25)28-14-15-9-7-6-8-10-15;6-5-3-1-2-4-7-5;1-4(2)3;;;/h4-12,19H,13-16H2,1-3H3;6-10,16H,11-14H2,1-5H3;1-4H;4H,1-3H3;1H;;/q;;;;;+2;-1/p-1. The zero-order chi connectivity index (χ0) is 52.7. The summed E-state index contributed by atoms with van der Waals surface area (Å²) in [6.07, 6.45) is 0.961. The summed E-state index contributed by atoms with van der Waals surface area (Å²) in [5.41, 5.74) is 0.537. The van der Waals surface area contributed by atoms with Gasteiger partial charge in [-0.2, -0.15) is 0 Å². The van der Waals surface area contributed by atoms with Crippen LogP contribution in [0.4, 0.5) is 19.2 Å². The first-order chi connectivity index (χ1) is 33.5. The number of likely N-dealkylation sites (N-methyl/N-ethyl adjacent to an activating group) is 1. The minimum atomic E-state index is -0.937. The van der Waals surface area contributed by atoms with Crippen LogP contribution in [0, 0.1) is 5.92 Å². The molecule has 0 aliphatic carbocycles. The molecule has 2 unspecified atom stereocenters. The van der Waals surface area contributed by atoms with Gasteiger partial charge in [0.15, 0.2) is 0 Å². The predicted octanol–water partition coefficient (Wildman–Crippen LogP) is 6.03. The van der Waals surface area contributed by atoms with Crippen molar-refractivity contribution < 1.29 is 66.4 Å². The van der Waals surface area contributed by atoms with Crippen molar-refractivity contribution in [1.29, 1.82) is 0 Å². The van der Waals surface area contributed by atoms with Gasteiger partial charge < -0.3 is 42.6 Å². The maximum atomic E-state index is 13.1. The van der Waals surface area contributed by atoms with Gasteiger partial charge in [0.25, 0.3) is 5.91 Å². The third-order valence-corrected chi connectivity index (χ3v) is 10.1. The predicted molar refractivity (Wildman–Crippen MR) is 278 cm³/mol. The second kappa shape index (κ2) is 32.6. The van der Waals surface area contributed by atoms with E-state index in [2.05, 4.69) is 46.7 Å². The van der Waals surface area contributed by atoms with Gasteiger partial charge in [0.05, 0.1) is 20.2 Å². The van der Waals surface area contributed by atoms with Crippen molar-refractivity contribution in [3.05, 3.63) is 131 Å². The van der Waals surface area contributed by atoms with Gasteiger partial charge >= 0.3 is 47.4 Å². The van der Waals surface area contributed by atoms with Crippen LogP contribution in [0.2, 0.25) is 0 Å². The summed E-state index contributed by atoms with van der Waals surface area (Å²) >= 11 is 3.20. The molecule has 5 amide bonds. The molecule has 18 nitrogen and oxygen atoms in total. The molecule has 0 spiro atoms. The van der Waals surface area contributed by atoms with Crippen LogP contribution in [0.15, 0.2) is 114 Å². The fraction of sp³-hybridized carbons (Fsp3) is 0.462. The number of halogens is 2. The second-order valence-electron chi connectivity index (χ2n) is 18.8. The molecule has 4 aromatic rings. The molecule has 2 aliphatic heterocycles. The fourth-order valence-electron chi connectivity index (χ4n) is 6.35. The zero-order valence-corrected chi connectivity index (χ0v) is 47.6. The van der Waals surface area contributed by atoms with Gasteiger partial charge in [0, 0.05) is 45.6 Å². The molecule has 21 heteroatoms. The molecule has 2 aliphatic rings. The molecule has 0 N–H and O–H groups in total. The summed E-state index contributed by atoms with van der Waals surface area (Å²) in [5, 5.41) is 1.03. The van der Waals surface area contributed by atoms with Crippen LogP contribution >= 0.6 is 15.9 Å². The molecule has 2 atom stereocenters. The van der Waals surface area contributed by atoms with E-state index in [1.807, 2.05) is 78.9 Å². The summed E-state index contributed by atoms with van der Waals surface area (Å²) < 4.78 is 22.5. The molecule has 73 heavy (non-hydrogen) atoms. The number of nitrogens with zero attached hydrogens (tertiary/aromatic N) is 7. The quantitative estimate of drug-likeness (QED) is 0.0655. The minimum Gasteiger partial charge on any atom is -1.00 e. The maximum Gasteiger partial charge on any atom is 2.00 e. The third-order valence-electron chi connectivity index (χ3n) is 9.66. The van der Waals surface area contributed by atoms with E-state index in [1.165, 1.54) is 40.0 Å². The van der Waals surface area contributed by atoms with Crippen molar-refractivity contribution >= 4 is 75.0 Å². The molecule has 2 fully saturated rings. The topological polar surface area (TPSA) is 191 Å². The molecule has 2 aromatic heterocycles. The minimum absolute atomic E-state index is 0. The Kier molecular flexibility index (Phi) is 29.2. The molecule has 0 bridgehead atoms. The average molecular weight is 1110 g/mol. The second-order valence-corrected chi connectivity index (χ2v) is 19.6. The number of pyridine rings is 2. The molecule has 2 saturated heterocycles. The first kappa shape index (κ1) is 65.5. The molecule has 0 saturated carbocycles. The van der Waals surface area contributed by atoms with Crippen LogP contribution in [-0.4, -0.2) is 170 Å². The third kappa shape index (κ3) is 24.4. The number of ether oxygens (including phenoxy) is 4. The smallest absolute Gasteiger partial charge is 1.00 e. The number of piperazine rings is 2. The van der Waals surface area contributed by atoms with E-state index in [9.17, 15) is 28.8 Å². The number of ketones is 1. The SMILES string of the molecule is Brc1ccccn1.CC(C)(C)OC(=O)N1CCN(C(=O)OCc2ccccc2)CC1C(=O)c1ccccn1.CC(C)C.CON(C)C(=O)C1CN(C(=O)OCc2ccccc2)CCN1C(=O)OC(C)(C)C.[Cl-].[H-].[Mg+2]. The average Bonchev–Trinajstić information content (AvgIpc) is 3.34. The largest absolute Gasteiger partial charge is 2.00 e. The van der Waals surface area contributed by atoms with Crippen LogP contribution in [0.25, 0.3) is 0 Å². The van der Waals surface area contributed by atoms with Crippen molar-refractivity contribution in [2.24, 2.45) is 5.92 Å². The summed E-state index contributed by atoms with van der Waals surface area (Å²) in [7, 11) is 2.80. The Morgan fingerprint density at radius 1 is 0.630 bits per heavy atom. The van der Waals surface area contributed by atoms with Gasteiger partial charge in [0.1, 0.15) is 46.8 Å². The molecule has 6 rings (SSSR count). The Bertz CT molecular complexity index is 2290. The first-order valence-electron chi connectivity index (χ1n) is 23.2. The van der Waals surface area contributed by atoms with E-state index in [-0.39, 0.29) is 101 Å². The van der Waals surface area contributed by atoms with Gasteiger partial charge in [-0.3, -0.25) is 29.2 Å². The number of carbonyl (C=O) groups is 6. The fourth-order valence-corrected chi connectivity index (χ4v) is 6.62. The number of hydrogen-bond donors (Lipinski definition) is 0. The maximum absolute atomic E-state index is 13.1. The van der Waals surface area contributed by atoms with Crippen molar-refractivity contribution in [2.45, 2.75) is 98.8 Å². The Morgan fingerprint density at radius 3 is 1.38 bits per heavy atom. The molecule has 396 valence electrons. The Labute approximate surface area is 462 Å². The Balaban J connectivity index is 0.00000115. The number of amides is 5. The summed E-state index contributed by atoms with van der Waals surface area (Å²) in [6, 6.07) is 27.5. The van der Waals surface area contributed by atoms with E-state index < -0.39 is 53.6 Å². The molecule has 4 heterocycles. The normalized spacial score (nSPS) is 15.1. The number of hydroxylamine groups is 2. The van der Waals surface area contributed by atoms with E-state index in [0.29, 0.717) is 0 Å². The monoisotopic (exact) mass is 1110 g/mol. The molecule has 2 aromatic carbocycles. The van der Waals surface area contributed by atoms with Crippen LogP contribution in [0.5, 0.6) is 0 Å². The van der Waals surface area contributed by atoms with Gasteiger partial charge in [-0.25, -0.2) is 29.2 Å². The number of rotatable bonds is 8. The van der Waals surface area contributed by atoms with Crippen LogP contribution in [0.3, 0.4) is 0 Å². The molecular weight excluding hydrogens is 1040 g/mol. The molecule has 0 radical (unpaired) electrons. The number of Topliss-reactive ketones (excluding diaryl/α,β-unsaturated/α-hetero) is 1. The number of hydrogen-bond acceptors (Lipinski definition) is 13. The van der Waals surface area contributed by atoms with Gasteiger partial charge in [0.2, 0.25) is 5.78 Å². The van der Waals surface area contributed by atoms with Crippen molar-refractivity contribution in [3.8, 4) is 0 Å². The number of carbonyl (C=O) groups excluding carboxylic acids is 6. The van der Waals surface area contributed by atoms with Crippen molar-refractivity contribution in [1.82, 2.24) is 34.6 Å². The van der Waals surface area contributed by atoms with Crippen molar-refractivity contribution in [3.63, 3.8) is 0 Å². The Hall–Kier alpha value is -5.54. The molecular formula is C52H71BrClMgN7O11. The zero-order valence-electron chi connectivity index (χ0n) is 44.9. The van der Waals surface area contributed by atoms with Crippen molar-refractivity contribution in [2.75, 3.05) is 53.4 Å². The first-order valence-corrected chi connectivity index (χ1v) is 24.0. The Morgan fingerprint density at radius 2 is 1.03 bits per heavy atom. The number of aromatic nitrogens is 2. The van der Waals surface area contributed by atoms with Gasteiger partial charge in [-0.15, -0.1) is 0 Å². The van der Waals surface area contributed by atoms with Crippen LogP contribution < -0.4 is 12.4 Å². The summed E-state index contributed by atoms with van der Waals surface area (Å²) in [5.74, 6) is 0.0194. The van der Waals surface area contributed by atoms with Gasteiger partial charge in [-0.1, -0.05) is 93.6 Å². The van der Waals surface area contributed by atoms with E-state index >= 15 is 0 Å².